The lowest BCUT2D eigenvalue weighted by Gasteiger charge is -2.04. The third kappa shape index (κ3) is 2.57. The topological polar surface area (TPSA) is 82.8 Å². The van der Waals surface area contributed by atoms with Gasteiger partial charge in [-0.1, -0.05) is 28.1 Å². The Morgan fingerprint density at radius 3 is 2.24 bits per heavy atom. The van der Waals surface area contributed by atoms with Crippen LogP contribution in [0.2, 0.25) is 0 Å². The fourth-order valence-electron chi connectivity index (χ4n) is 2.05. The number of halogens is 1. The second kappa shape index (κ2) is 5.14. The number of nitrogens with one attached hydrogen (secondary N) is 2. The summed E-state index contributed by atoms with van der Waals surface area (Å²) in [5, 5.41) is 0. The minimum Gasteiger partial charge on any atom is -0.316 e. The molecular formula is C15H9BrN2O3. The van der Waals surface area contributed by atoms with Crippen molar-refractivity contribution in [3.63, 3.8) is 0 Å². The van der Waals surface area contributed by atoms with E-state index in [9.17, 15) is 14.4 Å². The van der Waals surface area contributed by atoms with Crippen molar-refractivity contribution in [3.05, 3.63) is 78.8 Å². The Morgan fingerprint density at radius 1 is 0.857 bits per heavy atom. The molecule has 104 valence electrons. The standard InChI is InChI=1S/C15H9BrN2O3/c16-10-3-1-2-8(6-10)13(19)9-4-5-11-12(7-9)18-15(21)14(20)17-11/h1-7H,(H,17,20)(H,18,21). The molecule has 0 radical (unpaired) electrons. The summed E-state index contributed by atoms with van der Waals surface area (Å²) in [5.74, 6) is -0.162. The Labute approximate surface area is 126 Å². The van der Waals surface area contributed by atoms with Crippen molar-refractivity contribution in [1.82, 2.24) is 9.97 Å². The number of aromatic amines is 2. The summed E-state index contributed by atoms with van der Waals surface area (Å²) >= 11 is 3.32. The van der Waals surface area contributed by atoms with E-state index in [4.69, 9.17) is 0 Å². The van der Waals surface area contributed by atoms with E-state index in [1.165, 1.54) is 0 Å². The molecule has 0 spiro atoms. The van der Waals surface area contributed by atoms with Crippen LogP contribution in [0, 0.1) is 0 Å². The third-order valence-corrected chi connectivity index (χ3v) is 3.56. The van der Waals surface area contributed by atoms with Gasteiger partial charge in [0.1, 0.15) is 0 Å². The molecule has 0 aliphatic rings. The van der Waals surface area contributed by atoms with E-state index in [-0.39, 0.29) is 5.78 Å². The Hall–Kier alpha value is -2.47. The Bertz CT molecular complexity index is 972. The van der Waals surface area contributed by atoms with Crippen LogP contribution in [0.15, 0.2) is 56.5 Å². The fourth-order valence-corrected chi connectivity index (χ4v) is 2.45. The first kappa shape index (κ1) is 13.5. The van der Waals surface area contributed by atoms with Gasteiger partial charge in [0.2, 0.25) is 0 Å². The van der Waals surface area contributed by atoms with Gasteiger partial charge in [0.05, 0.1) is 11.0 Å². The molecule has 1 aromatic heterocycles. The van der Waals surface area contributed by atoms with Crippen LogP contribution in [0.3, 0.4) is 0 Å². The second-order valence-corrected chi connectivity index (χ2v) is 5.42. The minimum atomic E-state index is -0.741. The lowest BCUT2D eigenvalue weighted by molar-refractivity contribution is 0.103. The molecule has 0 aliphatic heterocycles. The van der Waals surface area contributed by atoms with Crippen LogP contribution in [-0.2, 0) is 0 Å². The molecule has 0 amide bonds. The zero-order valence-electron chi connectivity index (χ0n) is 10.6. The first-order valence-electron chi connectivity index (χ1n) is 6.11. The molecule has 0 aliphatic carbocycles. The summed E-state index contributed by atoms with van der Waals surface area (Å²) in [6, 6.07) is 11.8. The summed E-state index contributed by atoms with van der Waals surface area (Å²) in [5.41, 5.74) is 0.410. The van der Waals surface area contributed by atoms with E-state index in [2.05, 4.69) is 25.9 Å². The predicted molar refractivity (Wildman–Crippen MR) is 82.8 cm³/mol. The Balaban J connectivity index is 2.13. The highest BCUT2D eigenvalue weighted by Gasteiger charge is 2.10. The molecule has 3 rings (SSSR count). The molecule has 0 unspecified atom stereocenters. The normalized spacial score (nSPS) is 10.7. The van der Waals surface area contributed by atoms with Gasteiger partial charge in [0, 0.05) is 15.6 Å². The van der Waals surface area contributed by atoms with Gasteiger partial charge in [-0.25, -0.2) is 0 Å². The van der Waals surface area contributed by atoms with Crippen LogP contribution in [0.4, 0.5) is 0 Å². The average molecular weight is 345 g/mol. The summed E-state index contributed by atoms with van der Waals surface area (Å²) in [6.45, 7) is 0. The van der Waals surface area contributed by atoms with Crippen LogP contribution in [-0.4, -0.2) is 15.8 Å². The van der Waals surface area contributed by atoms with Gasteiger partial charge in [0.15, 0.2) is 5.78 Å². The highest BCUT2D eigenvalue weighted by atomic mass is 79.9. The third-order valence-electron chi connectivity index (χ3n) is 3.07. The van der Waals surface area contributed by atoms with Crippen LogP contribution in [0.25, 0.3) is 11.0 Å². The molecule has 2 N–H and O–H groups in total. The number of aromatic nitrogens is 2. The summed E-state index contributed by atoms with van der Waals surface area (Å²) in [4.78, 5) is 39.9. The molecule has 1 heterocycles. The van der Waals surface area contributed by atoms with Crippen LogP contribution < -0.4 is 11.1 Å². The smallest absolute Gasteiger partial charge is 0.314 e. The molecule has 21 heavy (non-hydrogen) atoms. The number of fused-ring (bicyclic) bond motifs is 1. The van der Waals surface area contributed by atoms with E-state index in [1.807, 2.05) is 6.07 Å². The lowest BCUT2D eigenvalue weighted by Crippen LogP contribution is -2.28. The first-order valence-corrected chi connectivity index (χ1v) is 6.90. The highest BCUT2D eigenvalue weighted by molar-refractivity contribution is 9.10. The predicted octanol–water partition coefficient (Wildman–Crippen LogP) is 2.21. The maximum atomic E-state index is 12.4. The number of rotatable bonds is 2. The maximum Gasteiger partial charge on any atom is 0.314 e. The van der Waals surface area contributed by atoms with Crippen LogP contribution >= 0.6 is 15.9 Å². The molecule has 0 fully saturated rings. The van der Waals surface area contributed by atoms with Crippen molar-refractivity contribution in [1.29, 1.82) is 0 Å². The van der Waals surface area contributed by atoms with Crippen molar-refractivity contribution < 1.29 is 4.79 Å². The van der Waals surface area contributed by atoms with E-state index < -0.39 is 11.1 Å². The lowest BCUT2D eigenvalue weighted by atomic mass is 10.0. The first-order chi connectivity index (χ1) is 10.0. The van der Waals surface area contributed by atoms with Crippen molar-refractivity contribution >= 4 is 32.7 Å². The van der Waals surface area contributed by atoms with Gasteiger partial charge >= 0.3 is 11.1 Å². The zero-order valence-corrected chi connectivity index (χ0v) is 12.2. The Morgan fingerprint density at radius 2 is 1.52 bits per heavy atom. The molecule has 0 saturated heterocycles. The van der Waals surface area contributed by atoms with Gasteiger partial charge in [-0.15, -0.1) is 0 Å². The zero-order chi connectivity index (χ0) is 15.0. The van der Waals surface area contributed by atoms with Crippen molar-refractivity contribution in [2.45, 2.75) is 0 Å². The molecule has 0 saturated carbocycles. The molecule has 0 atom stereocenters. The van der Waals surface area contributed by atoms with E-state index in [0.29, 0.717) is 22.2 Å². The number of benzene rings is 2. The maximum absolute atomic E-state index is 12.4. The highest BCUT2D eigenvalue weighted by Crippen LogP contribution is 2.17. The number of carbonyl (C=O) groups excluding carboxylic acids is 1. The summed E-state index contributed by atoms with van der Waals surface area (Å²) in [7, 11) is 0. The fraction of sp³-hybridized carbons (Fsp3) is 0. The number of hydrogen-bond donors (Lipinski definition) is 2. The number of H-pyrrole nitrogens is 2. The number of ketones is 1. The van der Waals surface area contributed by atoms with Crippen molar-refractivity contribution in [2.75, 3.05) is 0 Å². The molecule has 3 aromatic rings. The van der Waals surface area contributed by atoms with Gasteiger partial charge in [-0.05, 0) is 30.3 Å². The SMILES string of the molecule is O=C(c1cccc(Br)c1)c1ccc2[nH]c(=O)c(=O)[nH]c2c1. The molecule has 6 heteroatoms. The number of hydrogen-bond acceptors (Lipinski definition) is 3. The minimum absolute atomic E-state index is 0.162. The van der Waals surface area contributed by atoms with Gasteiger partial charge < -0.3 is 9.97 Å². The molecule has 2 aromatic carbocycles. The number of carbonyl (C=O) groups is 1. The van der Waals surface area contributed by atoms with Crippen LogP contribution in [0.1, 0.15) is 15.9 Å². The quantitative estimate of drug-likeness (QED) is 0.552. The van der Waals surface area contributed by atoms with E-state index >= 15 is 0 Å². The van der Waals surface area contributed by atoms with E-state index in [0.717, 1.165) is 4.47 Å². The molecule has 5 nitrogen and oxygen atoms in total. The monoisotopic (exact) mass is 344 g/mol. The van der Waals surface area contributed by atoms with Crippen molar-refractivity contribution in [3.8, 4) is 0 Å². The molecular weight excluding hydrogens is 336 g/mol. The van der Waals surface area contributed by atoms with E-state index in [1.54, 1.807) is 36.4 Å². The summed E-state index contributed by atoms with van der Waals surface area (Å²) in [6.07, 6.45) is 0. The van der Waals surface area contributed by atoms with Crippen LogP contribution in [0.5, 0.6) is 0 Å². The van der Waals surface area contributed by atoms with Gasteiger partial charge in [-0.3, -0.25) is 14.4 Å². The van der Waals surface area contributed by atoms with Gasteiger partial charge in [0.25, 0.3) is 0 Å². The van der Waals surface area contributed by atoms with Crippen molar-refractivity contribution in [2.24, 2.45) is 0 Å². The largest absolute Gasteiger partial charge is 0.316 e. The summed E-state index contributed by atoms with van der Waals surface area (Å²) < 4.78 is 0.812. The second-order valence-electron chi connectivity index (χ2n) is 4.51. The Kier molecular flexibility index (Phi) is 3.31. The average Bonchev–Trinajstić information content (AvgIpc) is 2.47. The van der Waals surface area contributed by atoms with Gasteiger partial charge in [-0.2, -0.15) is 0 Å². The molecule has 0 bridgehead atoms.